The van der Waals surface area contributed by atoms with Crippen LogP contribution < -0.4 is 0 Å². The molecule has 0 atom stereocenters. The lowest BCUT2D eigenvalue weighted by atomic mass is 10.0. The van der Waals surface area contributed by atoms with Crippen molar-refractivity contribution in [1.29, 1.82) is 0 Å². The first-order valence-electron chi connectivity index (χ1n) is 8.07. The van der Waals surface area contributed by atoms with Crippen LogP contribution in [0.4, 0.5) is 0 Å². The van der Waals surface area contributed by atoms with Gasteiger partial charge >= 0.3 is 0 Å². The van der Waals surface area contributed by atoms with E-state index in [1.165, 1.54) is 28.2 Å². The molecule has 0 aliphatic heterocycles. The predicted molar refractivity (Wildman–Crippen MR) is 97.6 cm³/mol. The fourth-order valence-electron chi connectivity index (χ4n) is 2.64. The van der Waals surface area contributed by atoms with Crippen LogP contribution in [0.2, 0.25) is 0 Å². The van der Waals surface area contributed by atoms with E-state index in [9.17, 15) is 4.79 Å². The molecule has 3 rings (SSSR count). The second kappa shape index (κ2) is 7.49. The highest BCUT2D eigenvalue weighted by molar-refractivity contribution is 7.99. The van der Waals surface area contributed by atoms with E-state index in [-0.39, 0.29) is 5.91 Å². The van der Waals surface area contributed by atoms with E-state index < -0.39 is 0 Å². The summed E-state index contributed by atoms with van der Waals surface area (Å²) in [6, 6.07) is 8.52. The Labute approximate surface area is 146 Å². The summed E-state index contributed by atoms with van der Waals surface area (Å²) in [5, 5.41) is 0.666. The number of aryl methyl sites for hydroxylation is 3. The van der Waals surface area contributed by atoms with Crippen molar-refractivity contribution in [2.75, 3.05) is 19.3 Å². The summed E-state index contributed by atoms with van der Waals surface area (Å²) in [4.78, 5) is 21.5. The van der Waals surface area contributed by atoms with Crippen LogP contribution in [-0.2, 0) is 12.8 Å². The van der Waals surface area contributed by atoms with E-state index in [1.54, 1.807) is 28.0 Å². The number of rotatable bonds is 5. The lowest BCUT2D eigenvalue weighted by molar-refractivity contribution is 0.0803. The first-order chi connectivity index (χ1) is 11.1. The molecule has 2 aromatic rings. The molecule has 0 unspecified atom stereocenters. The molecule has 122 valence electrons. The van der Waals surface area contributed by atoms with Crippen LogP contribution in [0.1, 0.15) is 38.8 Å². The average Bonchev–Trinajstić information content (AvgIpc) is 3.00. The smallest absolute Gasteiger partial charge is 0.282 e. The first kappa shape index (κ1) is 16.5. The predicted octanol–water partition coefficient (Wildman–Crippen LogP) is 4.19. The standard InChI is InChI=1S/C18H22N2OS2/c1-13-7-9-14(10-8-13)22-12-11-20(2)18(21)17-19-15-5-3-4-6-16(15)23-17/h7-10H,3-6,11-12H2,1-2H3. The van der Waals surface area contributed by atoms with Gasteiger partial charge in [-0.2, -0.15) is 0 Å². The number of amides is 1. The van der Waals surface area contributed by atoms with Gasteiger partial charge in [-0.15, -0.1) is 23.1 Å². The molecule has 0 spiro atoms. The lowest BCUT2D eigenvalue weighted by Crippen LogP contribution is -2.28. The third-order valence-electron chi connectivity index (χ3n) is 4.09. The van der Waals surface area contributed by atoms with Crippen LogP contribution in [0.15, 0.2) is 29.2 Å². The van der Waals surface area contributed by atoms with E-state index in [0.717, 1.165) is 30.8 Å². The normalized spacial score (nSPS) is 13.7. The highest BCUT2D eigenvalue weighted by Gasteiger charge is 2.21. The van der Waals surface area contributed by atoms with Crippen LogP contribution in [0, 0.1) is 6.92 Å². The zero-order valence-corrected chi connectivity index (χ0v) is 15.3. The second-order valence-electron chi connectivity index (χ2n) is 5.98. The number of hydrogen-bond donors (Lipinski definition) is 0. The van der Waals surface area contributed by atoms with Crippen molar-refractivity contribution in [3.63, 3.8) is 0 Å². The van der Waals surface area contributed by atoms with Gasteiger partial charge in [-0.05, 0) is 44.7 Å². The molecule has 0 saturated heterocycles. The Morgan fingerprint density at radius 1 is 1.26 bits per heavy atom. The second-order valence-corrected chi connectivity index (χ2v) is 8.24. The van der Waals surface area contributed by atoms with E-state index >= 15 is 0 Å². The van der Waals surface area contributed by atoms with Gasteiger partial charge in [0.15, 0.2) is 5.01 Å². The summed E-state index contributed by atoms with van der Waals surface area (Å²) < 4.78 is 0. The molecule has 1 heterocycles. The van der Waals surface area contributed by atoms with E-state index in [1.807, 2.05) is 7.05 Å². The highest BCUT2D eigenvalue weighted by Crippen LogP contribution is 2.27. The SMILES string of the molecule is Cc1ccc(SCCN(C)C(=O)c2nc3c(s2)CCCC3)cc1. The number of thioether (sulfide) groups is 1. The van der Waals surface area contributed by atoms with Crippen molar-refractivity contribution in [2.24, 2.45) is 0 Å². The van der Waals surface area contributed by atoms with Crippen LogP contribution in [0.3, 0.4) is 0 Å². The van der Waals surface area contributed by atoms with E-state index in [2.05, 4.69) is 36.2 Å². The Morgan fingerprint density at radius 3 is 2.74 bits per heavy atom. The molecule has 23 heavy (non-hydrogen) atoms. The lowest BCUT2D eigenvalue weighted by Gasteiger charge is -2.15. The van der Waals surface area contributed by atoms with Gasteiger partial charge in [0.2, 0.25) is 0 Å². The summed E-state index contributed by atoms with van der Waals surface area (Å²) >= 11 is 3.38. The fraction of sp³-hybridized carbons (Fsp3) is 0.444. The average molecular weight is 347 g/mol. The summed E-state index contributed by atoms with van der Waals surface area (Å²) in [7, 11) is 1.87. The number of nitrogens with zero attached hydrogens (tertiary/aromatic N) is 2. The molecule has 1 aliphatic carbocycles. The Hall–Kier alpha value is -1.33. The van der Waals surface area contributed by atoms with Crippen molar-refractivity contribution >= 4 is 29.0 Å². The largest absolute Gasteiger partial charge is 0.339 e. The Bertz CT molecular complexity index is 655. The fourth-order valence-corrected chi connectivity index (χ4v) is 4.72. The number of fused-ring (bicyclic) bond motifs is 1. The molecule has 1 aliphatic rings. The number of thiazole rings is 1. The molecule has 0 radical (unpaired) electrons. The molecule has 1 amide bonds. The van der Waals surface area contributed by atoms with Gasteiger partial charge in [-0.3, -0.25) is 4.79 Å². The minimum Gasteiger partial charge on any atom is -0.339 e. The number of hydrogen-bond acceptors (Lipinski definition) is 4. The molecule has 0 N–H and O–H groups in total. The minimum absolute atomic E-state index is 0.0638. The topological polar surface area (TPSA) is 33.2 Å². The van der Waals surface area contributed by atoms with Gasteiger partial charge in [0.05, 0.1) is 5.69 Å². The molecular weight excluding hydrogens is 324 g/mol. The van der Waals surface area contributed by atoms with E-state index in [0.29, 0.717) is 5.01 Å². The zero-order valence-electron chi connectivity index (χ0n) is 13.7. The third-order valence-corrected chi connectivity index (χ3v) is 6.23. The molecule has 1 aromatic heterocycles. The van der Waals surface area contributed by atoms with Crippen molar-refractivity contribution < 1.29 is 4.79 Å². The summed E-state index contributed by atoms with van der Waals surface area (Å²) in [6.45, 7) is 2.83. The monoisotopic (exact) mass is 346 g/mol. The van der Waals surface area contributed by atoms with Crippen LogP contribution in [-0.4, -0.2) is 35.1 Å². The molecule has 5 heteroatoms. The molecule has 0 bridgehead atoms. The number of carbonyl (C=O) groups excluding carboxylic acids is 1. The first-order valence-corrected chi connectivity index (χ1v) is 9.87. The number of benzene rings is 1. The molecule has 3 nitrogen and oxygen atoms in total. The van der Waals surface area contributed by atoms with Crippen molar-refractivity contribution in [1.82, 2.24) is 9.88 Å². The van der Waals surface area contributed by atoms with Crippen LogP contribution in [0.5, 0.6) is 0 Å². The van der Waals surface area contributed by atoms with Crippen molar-refractivity contribution in [3.05, 3.63) is 45.4 Å². The van der Waals surface area contributed by atoms with Gasteiger partial charge in [-0.25, -0.2) is 4.98 Å². The third kappa shape index (κ3) is 4.15. The Balaban J connectivity index is 1.53. The molecular formula is C18H22N2OS2. The van der Waals surface area contributed by atoms with Gasteiger partial charge in [0, 0.05) is 29.1 Å². The van der Waals surface area contributed by atoms with Crippen molar-refractivity contribution in [3.8, 4) is 0 Å². The van der Waals surface area contributed by atoms with Gasteiger partial charge < -0.3 is 4.90 Å². The summed E-state index contributed by atoms with van der Waals surface area (Å²) in [5.41, 5.74) is 2.43. The quantitative estimate of drug-likeness (QED) is 0.761. The Kier molecular flexibility index (Phi) is 5.38. The molecule has 1 aromatic carbocycles. The molecule has 0 saturated carbocycles. The highest BCUT2D eigenvalue weighted by atomic mass is 32.2. The van der Waals surface area contributed by atoms with Gasteiger partial charge in [0.1, 0.15) is 0 Å². The summed E-state index contributed by atoms with van der Waals surface area (Å²) in [6.07, 6.45) is 4.55. The number of carbonyl (C=O) groups is 1. The van der Waals surface area contributed by atoms with Gasteiger partial charge in [-0.1, -0.05) is 17.7 Å². The van der Waals surface area contributed by atoms with Crippen LogP contribution >= 0.6 is 23.1 Å². The summed E-state index contributed by atoms with van der Waals surface area (Å²) in [5.74, 6) is 0.963. The van der Waals surface area contributed by atoms with E-state index in [4.69, 9.17) is 0 Å². The number of aromatic nitrogens is 1. The Morgan fingerprint density at radius 2 is 2.00 bits per heavy atom. The van der Waals surface area contributed by atoms with Crippen LogP contribution in [0.25, 0.3) is 0 Å². The molecule has 0 fully saturated rings. The van der Waals surface area contributed by atoms with Crippen molar-refractivity contribution in [2.45, 2.75) is 37.5 Å². The minimum atomic E-state index is 0.0638. The maximum absolute atomic E-state index is 12.5. The zero-order chi connectivity index (χ0) is 16.2. The maximum Gasteiger partial charge on any atom is 0.282 e. The van der Waals surface area contributed by atoms with Gasteiger partial charge in [0.25, 0.3) is 5.91 Å². The maximum atomic E-state index is 12.5.